The molecule has 1 heterocycles. The van der Waals surface area contributed by atoms with Gasteiger partial charge in [0.1, 0.15) is 11.3 Å². The van der Waals surface area contributed by atoms with Crippen LogP contribution in [0, 0.1) is 0 Å². The van der Waals surface area contributed by atoms with E-state index in [0.29, 0.717) is 17.2 Å². The van der Waals surface area contributed by atoms with Crippen LogP contribution in [0.15, 0.2) is 57.8 Å². The van der Waals surface area contributed by atoms with Crippen molar-refractivity contribution in [1.82, 2.24) is 4.98 Å². The summed E-state index contributed by atoms with van der Waals surface area (Å²) in [5.74, 6) is 1.04. The summed E-state index contributed by atoms with van der Waals surface area (Å²) in [4.78, 5) is 4.56. The van der Waals surface area contributed by atoms with E-state index in [1.54, 1.807) is 12.1 Å². The molecule has 3 rings (SSSR count). The number of aromatic nitrogens is 1. The Labute approximate surface area is 122 Å². The van der Waals surface area contributed by atoms with Crippen LogP contribution in [0.1, 0.15) is 5.89 Å². The van der Waals surface area contributed by atoms with E-state index in [9.17, 15) is 8.42 Å². The molecule has 1 aromatic heterocycles. The van der Waals surface area contributed by atoms with Gasteiger partial charge in [-0.1, -0.05) is 12.1 Å². The summed E-state index contributed by atoms with van der Waals surface area (Å²) >= 11 is 0. The van der Waals surface area contributed by atoms with Crippen LogP contribution in [0.5, 0.6) is 5.75 Å². The lowest BCUT2D eigenvalue weighted by atomic mass is 10.3. The van der Waals surface area contributed by atoms with Gasteiger partial charge in [0.25, 0.3) is 0 Å². The molecule has 0 radical (unpaired) electrons. The maximum absolute atomic E-state index is 11.4. The summed E-state index contributed by atoms with van der Waals surface area (Å²) in [6, 6.07) is 13.7. The predicted octanol–water partition coefficient (Wildman–Crippen LogP) is 2.81. The average Bonchev–Trinajstić information content (AvgIpc) is 2.87. The van der Waals surface area contributed by atoms with Crippen molar-refractivity contribution in [1.29, 1.82) is 0 Å². The van der Waals surface area contributed by atoms with Gasteiger partial charge in [0.15, 0.2) is 22.0 Å². The molecule has 0 aliphatic carbocycles. The number of fused-ring (bicyclic) bond motifs is 1. The Bertz CT molecular complexity index is 833. The number of hydrogen-bond acceptors (Lipinski definition) is 5. The molecule has 0 aliphatic heterocycles. The number of para-hydroxylation sites is 2. The molecule has 0 fully saturated rings. The number of hydrogen-bond donors (Lipinski definition) is 0. The summed E-state index contributed by atoms with van der Waals surface area (Å²) in [5.41, 5.74) is 1.49. The summed E-state index contributed by atoms with van der Waals surface area (Å²) < 4.78 is 33.8. The molecule has 0 saturated carbocycles. The highest BCUT2D eigenvalue weighted by atomic mass is 32.2. The first-order chi connectivity index (χ1) is 10.0. The molecule has 0 aliphatic rings. The fourth-order valence-corrected chi connectivity index (χ4v) is 2.54. The summed E-state index contributed by atoms with van der Waals surface area (Å²) in [7, 11) is -3.19. The first kappa shape index (κ1) is 13.6. The standard InChI is InChI=1S/C15H13NO4S/c1-21(17,18)12-8-6-11(7-9-12)19-10-15-16-13-4-2-3-5-14(13)20-15/h2-9H,10H2,1H3. The average molecular weight is 303 g/mol. The van der Waals surface area contributed by atoms with Crippen LogP contribution in [0.3, 0.4) is 0 Å². The van der Waals surface area contributed by atoms with Gasteiger partial charge in [-0.3, -0.25) is 0 Å². The van der Waals surface area contributed by atoms with Crippen LogP contribution < -0.4 is 4.74 Å². The molecule has 6 heteroatoms. The Morgan fingerprint density at radius 1 is 1.10 bits per heavy atom. The van der Waals surface area contributed by atoms with E-state index in [-0.39, 0.29) is 11.5 Å². The van der Waals surface area contributed by atoms with Gasteiger partial charge in [-0.05, 0) is 36.4 Å². The van der Waals surface area contributed by atoms with Crippen molar-refractivity contribution in [3.8, 4) is 5.75 Å². The van der Waals surface area contributed by atoms with Crippen LogP contribution >= 0.6 is 0 Å². The Kier molecular flexibility index (Phi) is 3.39. The van der Waals surface area contributed by atoms with Gasteiger partial charge in [-0.15, -0.1) is 0 Å². The molecule has 2 aromatic carbocycles. The lowest BCUT2D eigenvalue weighted by Gasteiger charge is -2.04. The minimum absolute atomic E-state index is 0.187. The van der Waals surface area contributed by atoms with Crippen molar-refractivity contribution in [3.05, 3.63) is 54.4 Å². The number of ether oxygens (including phenoxy) is 1. The first-order valence-corrected chi connectivity index (χ1v) is 8.19. The van der Waals surface area contributed by atoms with Gasteiger partial charge in [-0.25, -0.2) is 13.4 Å². The number of sulfone groups is 1. The highest BCUT2D eigenvalue weighted by Gasteiger charge is 2.08. The third-order valence-electron chi connectivity index (χ3n) is 2.95. The third kappa shape index (κ3) is 3.05. The second-order valence-electron chi connectivity index (χ2n) is 4.61. The Morgan fingerprint density at radius 3 is 2.48 bits per heavy atom. The molecule has 0 atom stereocenters. The van der Waals surface area contributed by atoms with E-state index in [1.807, 2.05) is 24.3 Å². The SMILES string of the molecule is CS(=O)(=O)c1ccc(OCc2nc3ccccc3o2)cc1. The predicted molar refractivity (Wildman–Crippen MR) is 77.9 cm³/mol. The monoisotopic (exact) mass is 303 g/mol. The molecule has 108 valence electrons. The van der Waals surface area contributed by atoms with E-state index < -0.39 is 9.84 Å². The zero-order valence-electron chi connectivity index (χ0n) is 11.3. The Hall–Kier alpha value is -2.34. The minimum Gasteiger partial charge on any atom is -0.484 e. The Morgan fingerprint density at radius 2 is 1.81 bits per heavy atom. The second-order valence-corrected chi connectivity index (χ2v) is 6.62. The van der Waals surface area contributed by atoms with Gasteiger partial charge >= 0.3 is 0 Å². The van der Waals surface area contributed by atoms with Gasteiger partial charge in [0.2, 0.25) is 5.89 Å². The van der Waals surface area contributed by atoms with E-state index in [4.69, 9.17) is 9.15 Å². The molecule has 0 spiro atoms. The van der Waals surface area contributed by atoms with Crippen LogP contribution in [0.2, 0.25) is 0 Å². The van der Waals surface area contributed by atoms with Gasteiger partial charge in [-0.2, -0.15) is 0 Å². The fraction of sp³-hybridized carbons (Fsp3) is 0.133. The molecule has 5 nitrogen and oxygen atoms in total. The molecule has 21 heavy (non-hydrogen) atoms. The molecule has 0 bridgehead atoms. The van der Waals surface area contributed by atoms with Crippen molar-refractivity contribution in [2.45, 2.75) is 11.5 Å². The van der Waals surface area contributed by atoms with E-state index >= 15 is 0 Å². The van der Waals surface area contributed by atoms with Crippen LogP contribution in [-0.2, 0) is 16.4 Å². The zero-order valence-corrected chi connectivity index (χ0v) is 12.1. The topological polar surface area (TPSA) is 69.4 Å². The van der Waals surface area contributed by atoms with Gasteiger partial charge in [0, 0.05) is 6.26 Å². The molecule has 0 amide bonds. The number of nitrogens with zero attached hydrogens (tertiary/aromatic N) is 1. The highest BCUT2D eigenvalue weighted by molar-refractivity contribution is 7.90. The number of benzene rings is 2. The minimum atomic E-state index is -3.19. The van der Waals surface area contributed by atoms with E-state index in [1.165, 1.54) is 18.4 Å². The summed E-state index contributed by atoms with van der Waals surface area (Å²) in [6.45, 7) is 0.187. The highest BCUT2D eigenvalue weighted by Crippen LogP contribution is 2.19. The zero-order chi connectivity index (χ0) is 14.9. The van der Waals surface area contributed by atoms with E-state index in [2.05, 4.69) is 4.98 Å². The quantitative estimate of drug-likeness (QED) is 0.741. The third-order valence-corrected chi connectivity index (χ3v) is 4.08. The van der Waals surface area contributed by atoms with Gasteiger partial charge < -0.3 is 9.15 Å². The summed E-state index contributed by atoms with van der Waals surface area (Å²) in [5, 5.41) is 0. The summed E-state index contributed by atoms with van der Waals surface area (Å²) in [6.07, 6.45) is 1.17. The van der Waals surface area contributed by atoms with E-state index in [0.717, 1.165) is 5.52 Å². The largest absolute Gasteiger partial charge is 0.484 e. The van der Waals surface area contributed by atoms with Crippen molar-refractivity contribution in [3.63, 3.8) is 0 Å². The first-order valence-electron chi connectivity index (χ1n) is 6.30. The number of oxazole rings is 1. The van der Waals surface area contributed by atoms with Crippen molar-refractivity contribution in [2.24, 2.45) is 0 Å². The maximum atomic E-state index is 11.4. The molecule has 0 unspecified atom stereocenters. The lowest BCUT2D eigenvalue weighted by Crippen LogP contribution is -1.98. The molecule has 0 N–H and O–H groups in total. The molecular weight excluding hydrogens is 290 g/mol. The van der Waals surface area contributed by atoms with Crippen LogP contribution in [0.25, 0.3) is 11.1 Å². The van der Waals surface area contributed by atoms with Crippen molar-refractivity contribution >= 4 is 20.9 Å². The normalized spacial score (nSPS) is 11.7. The fourth-order valence-electron chi connectivity index (χ4n) is 1.91. The number of rotatable bonds is 4. The molecule has 0 saturated heterocycles. The molecule has 3 aromatic rings. The smallest absolute Gasteiger partial charge is 0.233 e. The molecular formula is C15H13NO4S. The second kappa shape index (κ2) is 5.21. The maximum Gasteiger partial charge on any atom is 0.233 e. The van der Waals surface area contributed by atoms with Crippen LogP contribution in [0.4, 0.5) is 0 Å². The lowest BCUT2D eigenvalue weighted by molar-refractivity contribution is 0.267. The van der Waals surface area contributed by atoms with Crippen molar-refractivity contribution < 1.29 is 17.6 Å². The van der Waals surface area contributed by atoms with Crippen LogP contribution in [-0.4, -0.2) is 19.7 Å². The van der Waals surface area contributed by atoms with Gasteiger partial charge in [0.05, 0.1) is 4.90 Å². The van der Waals surface area contributed by atoms with Crippen molar-refractivity contribution in [2.75, 3.05) is 6.26 Å². The Balaban J connectivity index is 1.72.